The first-order valence-electron chi connectivity index (χ1n) is 12.4. The fourth-order valence-corrected chi connectivity index (χ4v) is 5.50. The van der Waals surface area contributed by atoms with Crippen molar-refractivity contribution in [3.8, 4) is 5.69 Å². The first-order valence-corrected chi connectivity index (χ1v) is 13.3. The zero-order valence-electron chi connectivity index (χ0n) is 22.1. The van der Waals surface area contributed by atoms with Gasteiger partial charge in [-0.25, -0.2) is 9.48 Å². The maximum atomic E-state index is 13.2. The number of fused-ring (bicyclic) bond motifs is 1. The standard InChI is InChI=1S/C29H31F3N2O3S/c1-6-36-27(35)25-18(2)34(33-23(25)13-14-37-28(3,4)5)24-12-8-10-20-17-22(38-26(20)24)16-19-9-7-11-21(15-19)29(30,31)32/h7-12,15,17H,6,13-14,16H2,1-5H3. The van der Waals surface area contributed by atoms with Crippen molar-refractivity contribution in [2.75, 3.05) is 13.2 Å². The Balaban J connectivity index is 1.71. The summed E-state index contributed by atoms with van der Waals surface area (Å²) in [4.78, 5) is 13.8. The molecule has 38 heavy (non-hydrogen) atoms. The van der Waals surface area contributed by atoms with Crippen molar-refractivity contribution in [1.82, 2.24) is 9.78 Å². The second kappa shape index (κ2) is 10.9. The molecule has 4 rings (SSSR count). The van der Waals surface area contributed by atoms with Gasteiger partial charge < -0.3 is 9.47 Å². The molecule has 0 spiro atoms. The Morgan fingerprint density at radius 2 is 1.82 bits per heavy atom. The molecular weight excluding hydrogens is 513 g/mol. The molecule has 0 saturated heterocycles. The van der Waals surface area contributed by atoms with E-state index < -0.39 is 17.7 Å². The normalized spacial score (nSPS) is 12.3. The molecule has 0 unspecified atom stereocenters. The molecule has 0 fully saturated rings. The molecule has 0 radical (unpaired) electrons. The van der Waals surface area contributed by atoms with E-state index in [4.69, 9.17) is 14.6 Å². The lowest BCUT2D eigenvalue weighted by Crippen LogP contribution is -2.21. The average Bonchev–Trinajstić information content (AvgIpc) is 3.38. The summed E-state index contributed by atoms with van der Waals surface area (Å²) in [6.45, 7) is 10.2. The zero-order chi connectivity index (χ0) is 27.7. The third-order valence-electron chi connectivity index (χ3n) is 5.98. The molecule has 0 bridgehead atoms. The van der Waals surface area contributed by atoms with Crippen molar-refractivity contribution < 1.29 is 27.4 Å². The summed E-state index contributed by atoms with van der Waals surface area (Å²) >= 11 is 1.51. The number of rotatable bonds is 8. The molecule has 9 heteroatoms. The van der Waals surface area contributed by atoms with E-state index in [1.807, 2.05) is 52.0 Å². The third kappa shape index (κ3) is 6.27. The van der Waals surface area contributed by atoms with Gasteiger partial charge in [-0.05, 0) is 63.8 Å². The van der Waals surface area contributed by atoms with Crippen LogP contribution in [0.2, 0.25) is 0 Å². The second-order valence-electron chi connectivity index (χ2n) is 10.0. The van der Waals surface area contributed by atoms with Gasteiger partial charge in [0.15, 0.2) is 0 Å². The topological polar surface area (TPSA) is 53.4 Å². The Hall–Kier alpha value is -3.17. The predicted molar refractivity (Wildman–Crippen MR) is 143 cm³/mol. The predicted octanol–water partition coefficient (Wildman–Crippen LogP) is 7.54. The van der Waals surface area contributed by atoms with Crippen LogP contribution in [0.5, 0.6) is 0 Å². The molecule has 0 amide bonds. The molecule has 2 aromatic carbocycles. The number of aromatic nitrogens is 2. The van der Waals surface area contributed by atoms with Crippen molar-refractivity contribution in [1.29, 1.82) is 0 Å². The van der Waals surface area contributed by atoms with Crippen LogP contribution < -0.4 is 0 Å². The van der Waals surface area contributed by atoms with E-state index in [0.29, 0.717) is 42.0 Å². The maximum Gasteiger partial charge on any atom is 0.416 e. The summed E-state index contributed by atoms with van der Waals surface area (Å²) in [5.74, 6) is -0.425. The Morgan fingerprint density at radius 3 is 2.50 bits per heavy atom. The van der Waals surface area contributed by atoms with E-state index in [9.17, 15) is 18.0 Å². The molecule has 202 valence electrons. The second-order valence-corrected chi connectivity index (χ2v) is 11.2. The van der Waals surface area contributed by atoms with Gasteiger partial charge in [-0.1, -0.05) is 30.3 Å². The van der Waals surface area contributed by atoms with Gasteiger partial charge in [0, 0.05) is 17.7 Å². The number of benzene rings is 2. The summed E-state index contributed by atoms with van der Waals surface area (Å²) in [6, 6.07) is 13.2. The molecule has 4 aromatic rings. The summed E-state index contributed by atoms with van der Waals surface area (Å²) in [6.07, 6.45) is -3.56. The molecule has 0 saturated carbocycles. The van der Waals surface area contributed by atoms with Crippen LogP contribution in [-0.2, 0) is 28.5 Å². The highest BCUT2D eigenvalue weighted by Crippen LogP contribution is 2.35. The van der Waals surface area contributed by atoms with Crippen LogP contribution in [0, 0.1) is 6.92 Å². The maximum absolute atomic E-state index is 13.2. The third-order valence-corrected chi connectivity index (χ3v) is 7.15. The van der Waals surface area contributed by atoms with Crippen LogP contribution in [0.25, 0.3) is 15.8 Å². The summed E-state index contributed by atoms with van der Waals surface area (Å²) < 4.78 is 53.4. The van der Waals surface area contributed by atoms with E-state index in [2.05, 4.69) is 0 Å². The monoisotopic (exact) mass is 544 g/mol. The number of esters is 1. The van der Waals surface area contributed by atoms with Crippen LogP contribution in [0.4, 0.5) is 13.2 Å². The molecule has 2 aromatic heterocycles. The highest BCUT2D eigenvalue weighted by atomic mass is 32.1. The molecule has 0 aliphatic carbocycles. The number of thiophene rings is 1. The van der Waals surface area contributed by atoms with Gasteiger partial charge in [0.1, 0.15) is 5.56 Å². The molecular formula is C29H31F3N2O3S. The van der Waals surface area contributed by atoms with Gasteiger partial charge in [0.05, 0.1) is 46.2 Å². The van der Waals surface area contributed by atoms with Crippen LogP contribution >= 0.6 is 11.3 Å². The zero-order valence-corrected chi connectivity index (χ0v) is 22.9. The van der Waals surface area contributed by atoms with E-state index >= 15 is 0 Å². The Labute approximate surface area is 224 Å². The highest BCUT2D eigenvalue weighted by Gasteiger charge is 2.30. The minimum absolute atomic E-state index is 0.251. The lowest BCUT2D eigenvalue weighted by Gasteiger charge is -2.19. The van der Waals surface area contributed by atoms with Crippen molar-refractivity contribution in [2.45, 2.75) is 59.2 Å². The minimum atomic E-state index is -4.38. The lowest BCUT2D eigenvalue weighted by atomic mass is 10.1. The van der Waals surface area contributed by atoms with Crippen molar-refractivity contribution >= 4 is 27.4 Å². The molecule has 0 atom stereocenters. The van der Waals surface area contributed by atoms with Crippen molar-refractivity contribution in [3.63, 3.8) is 0 Å². The van der Waals surface area contributed by atoms with Crippen LogP contribution in [-0.4, -0.2) is 34.6 Å². The minimum Gasteiger partial charge on any atom is -0.462 e. The van der Waals surface area contributed by atoms with Gasteiger partial charge in [-0.2, -0.15) is 18.3 Å². The first-order chi connectivity index (χ1) is 17.9. The summed E-state index contributed by atoms with van der Waals surface area (Å²) in [7, 11) is 0. The summed E-state index contributed by atoms with van der Waals surface area (Å²) in [5, 5.41) is 5.76. The quantitative estimate of drug-likeness (QED) is 0.215. The van der Waals surface area contributed by atoms with E-state index in [-0.39, 0.29) is 12.2 Å². The number of ether oxygens (including phenoxy) is 2. The molecule has 2 heterocycles. The molecule has 0 N–H and O–H groups in total. The Morgan fingerprint density at radius 1 is 1.08 bits per heavy atom. The van der Waals surface area contributed by atoms with Gasteiger partial charge in [0.2, 0.25) is 0 Å². The fourth-order valence-electron chi connectivity index (χ4n) is 4.31. The first kappa shape index (κ1) is 27.9. The van der Waals surface area contributed by atoms with Gasteiger partial charge in [-0.15, -0.1) is 11.3 Å². The lowest BCUT2D eigenvalue weighted by molar-refractivity contribution is -0.137. The van der Waals surface area contributed by atoms with Gasteiger partial charge >= 0.3 is 12.1 Å². The Bertz CT molecular complexity index is 1450. The van der Waals surface area contributed by atoms with Crippen LogP contribution in [0.15, 0.2) is 48.5 Å². The van der Waals surface area contributed by atoms with Crippen LogP contribution in [0.1, 0.15) is 65.4 Å². The molecule has 5 nitrogen and oxygen atoms in total. The number of alkyl halides is 3. The molecule has 0 aliphatic heterocycles. The number of carbonyl (C=O) groups is 1. The van der Waals surface area contributed by atoms with E-state index in [1.165, 1.54) is 23.5 Å². The molecule has 0 aliphatic rings. The van der Waals surface area contributed by atoms with Crippen LogP contribution in [0.3, 0.4) is 0 Å². The number of hydrogen-bond donors (Lipinski definition) is 0. The highest BCUT2D eigenvalue weighted by molar-refractivity contribution is 7.19. The summed E-state index contributed by atoms with van der Waals surface area (Å²) in [5.41, 5.74) is 2.11. The van der Waals surface area contributed by atoms with E-state index in [0.717, 1.165) is 26.7 Å². The van der Waals surface area contributed by atoms with Gasteiger partial charge in [-0.3, -0.25) is 0 Å². The number of hydrogen-bond acceptors (Lipinski definition) is 5. The number of carbonyl (C=O) groups excluding carboxylic acids is 1. The SMILES string of the molecule is CCOC(=O)c1c(CCOC(C)(C)C)nn(-c2cccc3cc(Cc4cccc(C(F)(F)F)c4)sc23)c1C. The van der Waals surface area contributed by atoms with Gasteiger partial charge in [0.25, 0.3) is 0 Å². The number of nitrogens with zero attached hydrogens (tertiary/aromatic N) is 2. The number of halogens is 3. The average molecular weight is 545 g/mol. The largest absolute Gasteiger partial charge is 0.462 e. The Kier molecular flexibility index (Phi) is 7.99. The smallest absolute Gasteiger partial charge is 0.416 e. The fraction of sp³-hybridized carbons (Fsp3) is 0.379. The van der Waals surface area contributed by atoms with E-state index in [1.54, 1.807) is 17.7 Å². The van der Waals surface area contributed by atoms with Crippen molar-refractivity contribution in [2.24, 2.45) is 0 Å². The van der Waals surface area contributed by atoms with Crippen molar-refractivity contribution in [3.05, 3.63) is 81.5 Å².